The average molecular weight is 373 g/mol. The molecule has 134 valence electrons. The molecule has 0 amide bonds. The maximum atomic E-state index is 14.7. The van der Waals surface area contributed by atoms with Crippen LogP contribution in [0.5, 0.6) is 0 Å². The van der Waals surface area contributed by atoms with Crippen LogP contribution in [0.3, 0.4) is 0 Å². The summed E-state index contributed by atoms with van der Waals surface area (Å²) in [5, 5.41) is 7.18. The van der Waals surface area contributed by atoms with Gasteiger partial charge in [-0.1, -0.05) is 17.7 Å². The van der Waals surface area contributed by atoms with Gasteiger partial charge in [-0.15, -0.1) is 0 Å². The average Bonchev–Trinajstić information content (AvgIpc) is 2.68. The molecule has 2 N–H and O–H groups in total. The fourth-order valence-electron chi connectivity index (χ4n) is 3.14. The zero-order valence-electron chi connectivity index (χ0n) is 14.0. The quantitative estimate of drug-likeness (QED) is 0.734. The third-order valence-corrected chi connectivity index (χ3v) is 4.71. The number of rotatable bonds is 4. The molecule has 0 atom stereocenters. The van der Waals surface area contributed by atoms with Gasteiger partial charge in [0.25, 0.3) is 0 Å². The van der Waals surface area contributed by atoms with Gasteiger partial charge in [-0.05, 0) is 6.07 Å². The molecule has 6 nitrogen and oxygen atoms in total. The first-order valence-electron chi connectivity index (χ1n) is 8.45. The van der Waals surface area contributed by atoms with Crippen LogP contribution in [0.4, 0.5) is 15.8 Å². The van der Waals surface area contributed by atoms with Crippen molar-refractivity contribution in [2.24, 2.45) is 0 Å². The summed E-state index contributed by atoms with van der Waals surface area (Å²) in [5.41, 5.74) is 3.03. The van der Waals surface area contributed by atoms with Crippen LogP contribution >= 0.6 is 11.6 Å². The van der Waals surface area contributed by atoms with Crippen LogP contribution in [0.1, 0.15) is 5.56 Å². The molecule has 8 heteroatoms. The van der Waals surface area contributed by atoms with Crippen molar-refractivity contribution in [2.75, 3.05) is 36.4 Å². The molecule has 4 rings (SSSR count). The summed E-state index contributed by atoms with van der Waals surface area (Å²) in [4.78, 5) is 14.6. The van der Waals surface area contributed by atoms with E-state index in [0.29, 0.717) is 22.6 Å². The Morgan fingerprint density at radius 2 is 1.96 bits per heavy atom. The number of fused-ring (bicyclic) bond motifs is 1. The lowest BCUT2D eigenvalue weighted by atomic mass is 10.1. The molecule has 1 aliphatic heterocycles. The summed E-state index contributed by atoms with van der Waals surface area (Å²) < 4.78 is 14.7. The van der Waals surface area contributed by atoms with Crippen LogP contribution in [-0.2, 0) is 6.54 Å². The number of aromatic nitrogens is 3. The van der Waals surface area contributed by atoms with Gasteiger partial charge < -0.3 is 15.5 Å². The van der Waals surface area contributed by atoms with Crippen molar-refractivity contribution in [2.45, 2.75) is 6.54 Å². The van der Waals surface area contributed by atoms with Crippen molar-refractivity contribution in [3.63, 3.8) is 0 Å². The number of piperazine rings is 1. The molecule has 26 heavy (non-hydrogen) atoms. The third kappa shape index (κ3) is 3.27. The van der Waals surface area contributed by atoms with E-state index in [1.54, 1.807) is 30.7 Å². The van der Waals surface area contributed by atoms with Gasteiger partial charge in [0.1, 0.15) is 5.52 Å². The fourth-order valence-corrected chi connectivity index (χ4v) is 3.42. The van der Waals surface area contributed by atoms with Crippen molar-refractivity contribution < 1.29 is 4.39 Å². The number of hydrogen-bond acceptors (Lipinski definition) is 6. The molecule has 1 saturated heterocycles. The topological polar surface area (TPSA) is 66.0 Å². The molecule has 0 bridgehead atoms. The molecular formula is C18H18ClFN6. The molecule has 1 fully saturated rings. The summed E-state index contributed by atoms with van der Waals surface area (Å²) in [7, 11) is 0. The van der Waals surface area contributed by atoms with Gasteiger partial charge in [-0.25, -0.2) is 9.37 Å². The molecule has 0 spiro atoms. The van der Waals surface area contributed by atoms with E-state index in [1.807, 2.05) is 0 Å². The standard InChI is InChI=1S/C18H18ClFN6/c19-13-10-22-11-15(18(13)26-7-5-21-6-8-26)25-9-12-1-2-14-17(16(12)20)24-4-3-23-14/h1-4,10-11,21,25H,5-9H2. The minimum Gasteiger partial charge on any atom is -0.378 e. The van der Waals surface area contributed by atoms with Crippen LogP contribution in [0, 0.1) is 5.82 Å². The summed E-state index contributed by atoms with van der Waals surface area (Å²) in [6.45, 7) is 3.82. The van der Waals surface area contributed by atoms with Gasteiger partial charge in [-0.3, -0.25) is 9.97 Å². The van der Waals surface area contributed by atoms with Crippen molar-refractivity contribution in [3.05, 3.63) is 53.3 Å². The highest BCUT2D eigenvalue weighted by Crippen LogP contribution is 2.33. The van der Waals surface area contributed by atoms with Gasteiger partial charge in [0.2, 0.25) is 0 Å². The number of anilines is 2. The summed E-state index contributed by atoms with van der Waals surface area (Å²) in [6.07, 6.45) is 6.40. The molecule has 0 radical (unpaired) electrons. The molecule has 1 aromatic carbocycles. The second kappa shape index (κ2) is 7.39. The van der Waals surface area contributed by atoms with Crippen LogP contribution in [0.15, 0.2) is 36.9 Å². The van der Waals surface area contributed by atoms with Crippen LogP contribution < -0.4 is 15.5 Å². The number of nitrogens with one attached hydrogen (secondary N) is 2. The minimum atomic E-state index is -0.359. The Kier molecular flexibility index (Phi) is 4.81. The largest absolute Gasteiger partial charge is 0.378 e. The van der Waals surface area contributed by atoms with Gasteiger partial charge in [0.05, 0.1) is 28.1 Å². The Hall–Kier alpha value is -2.51. The summed E-state index contributed by atoms with van der Waals surface area (Å²) >= 11 is 6.40. The summed E-state index contributed by atoms with van der Waals surface area (Å²) in [6, 6.07) is 3.50. The van der Waals surface area contributed by atoms with Crippen molar-refractivity contribution >= 4 is 34.0 Å². The highest BCUT2D eigenvalue weighted by atomic mass is 35.5. The zero-order chi connectivity index (χ0) is 17.9. The number of benzene rings is 1. The lowest BCUT2D eigenvalue weighted by molar-refractivity contribution is 0.589. The van der Waals surface area contributed by atoms with Crippen LogP contribution in [-0.4, -0.2) is 41.1 Å². The molecule has 2 aromatic heterocycles. The van der Waals surface area contributed by atoms with Gasteiger partial charge >= 0.3 is 0 Å². The Morgan fingerprint density at radius 1 is 1.15 bits per heavy atom. The minimum absolute atomic E-state index is 0.276. The van der Waals surface area contributed by atoms with Crippen molar-refractivity contribution in [3.8, 4) is 0 Å². The van der Waals surface area contributed by atoms with E-state index >= 15 is 0 Å². The lowest BCUT2D eigenvalue weighted by Gasteiger charge is -2.31. The molecule has 1 aliphatic rings. The molecule has 0 unspecified atom stereocenters. The Balaban J connectivity index is 1.60. The molecule has 3 aromatic rings. The van der Waals surface area contributed by atoms with E-state index < -0.39 is 0 Å². The van der Waals surface area contributed by atoms with E-state index in [4.69, 9.17) is 11.6 Å². The van der Waals surface area contributed by atoms with E-state index in [1.165, 1.54) is 6.20 Å². The monoisotopic (exact) mass is 372 g/mol. The van der Waals surface area contributed by atoms with Crippen molar-refractivity contribution in [1.29, 1.82) is 0 Å². The number of pyridine rings is 1. The highest BCUT2D eigenvalue weighted by Gasteiger charge is 2.18. The Bertz CT molecular complexity index is 929. The zero-order valence-corrected chi connectivity index (χ0v) is 14.8. The third-order valence-electron chi connectivity index (χ3n) is 4.43. The van der Waals surface area contributed by atoms with Gasteiger partial charge in [0.15, 0.2) is 5.82 Å². The van der Waals surface area contributed by atoms with Crippen molar-refractivity contribution in [1.82, 2.24) is 20.3 Å². The predicted molar refractivity (Wildman–Crippen MR) is 101 cm³/mol. The SMILES string of the molecule is Fc1c(CNc2cncc(Cl)c2N2CCNCC2)ccc2nccnc12. The Morgan fingerprint density at radius 3 is 2.81 bits per heavy atom. The van der Waals surface area contributed by atoms with Gasteiger partial charge in [0, 0.05) is 56.9 Å². The maximum Gasteiger partial charge on any atom is 0.155 e. The number of nitrogens with zero attached hydrogens (tertiary/aromatic N) is 4. The Labute approximate surface area is 155 Å². The second-order valence-electron chi connectivity index (χ2n) is 6.07. The summed E-state index contributed by atoms with van der Waals surface area (Å²) in [5.74, 6) is -0.359. The highest BCUT2D eigenvalue weighted by molar-refractivity contribution is 6.33. The normalized spacial score (nSPS) is 14.6. The molecule has 0 aliphatic carbocycles. The van der Waals surface area contributed by atoms with Crippen LogP contribution in [0.25, 0.3) is 11.0 Å². The van der Waals surface area contributed by atoms with Gasteiger partial charge in [-0.2, -0.15) is 0 Å². The lowest BCUT2D eigenvalue weighted by Crippen LogP contribution is -2.43. The number of halogens is 2. The fraction of sp³-hybridized carbons (Fsp3) is 0.278. The second-order valence-corrected chi connectivity index (χ2v) is 6.48. The predicted octanol–water partition coefficient (Wildman–Crippen LogP) is 2.84. The van der Waals surface area contributed by atoms with E-state index in [9.17, 15) is 4.39 Å². The first kappa shape index (κ1) is 16.9. The maximum absolute atomic E-state index is 14.7. The van der Waals surface area contributed by atoms with E-state index in [-0.39, 0.29) is 11.3 Å². The first-order valence-corrected chi connectivity index (χ1v) is 8.83. The van der Waals surface area contributed by atoms with Crippen LogP contribution in [0.2, 0.25) is 5.02 Å². The first-order chi connectivity index (χ1) is 12.7. The molecular weight excluding hydrogens is 355 g/mol. The van der Waals surface area contributed by atoms with E-state index in [0.717, 1.165) is 37.6 Å². The molecule has 0 saturated carbocycles. The van der Waals surface area contributed by atoms with E-state index in [2.05, 4.69) is 30.5 Å². The molecule has 3 heterocycles. The smallest absolute Gasteiger partial charge is 0.155 e. The number of hydrogen-bond donors (Lipinski definition) is 2.